The summed E-state index contributed by atoms with van der Waals surface area (Å²) in [6.07, 6.45) is -4.57. The first kappa shape index (κ1) is 23.2. The summed E-state index contributed by atoms with van der Waals surface area (Å²) in [4.78, 5) is 14.8. The van der Waals surface area contributed by atoms with Gasteiger partial charge in [0.05, 0.1) is 12.2 Å². The average Bonchev–Trinajstić information content (AvgIpc) is 3.29. The fraction of sp³-hybridized carbons (Fsp3) is 0.160. The van der Waals surface area contributed by atoms with E-state index in [0.717, 1.165) is 17.2 Å². The molecule has 0 aliphatic rings. The molecular formula is C25H19F3N2O4. The van der Waals surface area contributed by atoms with Crippen molar-refractivity contribution in [3.05, 3.63) is 83.4 Å². The highest BCUT2D eigenvalue weighted by atomic mass is 19.4. The Morgan fingerprint density at radius 3 is 2.38 bits per heavy atom. The molecule has 0 spiro atoms. The topological polar surface area (TPSA) is 85.5 Å². The quantitative estimate of drug-likeness (QED) is 0.358. The number of alkyl halides is 3. The van der Waals surface area contributed by atoms with Gasteiger partial charge in [-0.1, -0.05) is 59.8 Å². The van der Waals surface area contributed by atoms with Gasteiger partial charge in [-0.05, 0) is 41.3 Å². The lowest BCUT2D eigenvalue weighted by molar-refractivity contribution is -0.142. The van der Waals surface area contributed by atoms with Gasteiger partial charge in [0, 0.05) is 11.1 Å². The van der Waals surface area contributed by atoms with Crippen LogP contribution in [0.3, 0.4) is 0 Å². The van der Waals surface area contributed by atoms with E-state index in [9.17, 15) is 18.0 Å². The number of nitrogens with zero attached hydrogens (tertiary/aromatic N) is 2. The van der Waals surface area contributed by atoms with Crippen LogP contribution in [0.25, 0.3) is 34.0 Å². The molecule has 4 rings (SSSR count). The molecule has 9 heteroatoms. The molecule has 4 aromatic rings. The summed E-state index contributed by atoms with van der Waals surface area (Å²) in [7, 11) is 0. The maximum atomic E-state index is 13.9. The Kier molecular flexibility index (Phi) is 6.47. The van der Waals surface area contributed by atoms with E-state index in [1.54, 1.807) is 55.5 Å². The molecule has 1 heterocycles. The molecule has 0 aliphatic heterocycles. The third kappa shape index (κ3) is 5.15. The van der Waals surface area contributed by atoms with E-state index in [-0.39, 0.29) is 29.4 Å². The number of hydrogen-bond donors (Lipinski definition) is 1. The summed E-state index contributed by atoms with van der Waals surface area (Å²) in [6, 6.07) is 17.7. The highest BCUT2D eigenvalue weighted by Gasteiger charge is 2.34. The van der Waals surface area contributed by atoms with E-state index in [1.807, 2.05) is 0 Å². The van der Waals surface area contributed by atoms with E-state index in [0.29, 0.717) is 11.1 Å². The fourth-order valence-electron chi connectivity index (χ4n) is 3.49. The van der Waals surface area contributed by atoms with Gasteiger partial charge in [0.15, 0.2) is 0 Å². The third-order valence-electron chi connectivity index (χ3n) is 5.14. The largest absolute Gasteiger partial charge is 0.480 e. The number of aliphatic carboxylic acids is 1. The molecule has 174 valence electrons. The molecular weight excluding hydrogens is 449 g/mol. The van der Waals surface area contributed by atoms with Crippen LogP contribution in [0.5, 0.6) is 0 Å². The van der Waals surface area contributed by atoms with E-state index in [1.165, 1.54) is 12.1 Å². The number of benzene rings is 3. The van der Waals surface area contributed by atoms with Crippen LogP contribution < -0.4 is 0 Å². The van der Waals surface area contributed by atoms with Gasteiger partial charge in [-0.15, -0.1) is 0 Å². The predicted molar refractivity (Wildman–Crippen MR) is 118 cm³/mol. The van der Waals surface area contributed by atoms with Crippen molar-refractivity contribution in [2.45, 2.75) is 19.7 Å². The first-order chi connectivity index (χ1) is 16.2. The summed E-state index contributed by atoms with van der Waals surface area (Å²) in [6.45, 7) is 1.48. The number of aryl methyl sites for hydroxylation is 1. The van der Waals surface area contributed by atoms with Crippen molar-refractivity contribution in [1.29, 1.82) is 0 Å². The Bertz CT molecular complexity index is 1310. The zero-order valence-corrected chi connectivity index (χ0v) is 18.0. The van der Waals surface area contributed by atoms with Gasteiger partial charge in [-0.25, -0.2) is 4.79 Å². The SMILES string of the molecule is Cc1ccccc1-c1ccc(-c2nc(-c3ccc(COCC(=O)O)cc3)no2)cc1C(F)(F)F. The molecule has 0 amide bonds. The Morgan fingerprint density at radius 1 is 1.00 bits per heavy atom. The van der Waals surface area contributed by atoms with E-state index < -0.39 is 24.3 Å². The van der Waals surface area contributed by atoms with E-state index in [2.05, 4.69) is 10.1 Å². The number of carboxylic acids is 1. The molecule has 0 saturated carbocycles. The van der Waals surface area contributed by atoms with Crippen molar-refractivity contribution in [3.63, 3.8) is 0 Å². The highest BCUT2D eigenvalue weighted by Crippen LogP contribution is 2.40. The summed E-state index contributed by atoms with van der Waals surface area (Å²) < 4.78 is 52.0. The minimum absolute atomic E-state index is 0.0364. The first-order valence-electron chi connectivity index (χ1n) is 10.2. The van der Waals surface area contributed by atoms with E-state index in [4.69, 9.17) is 14.4 Å². The number of rotatable bonds is 7. The molecule has 0 fully saturated rings. The van der Waals surface area contributed by atoms with Crippen LogP contribution in [-0.2, 0) is 22.3 Å². The standard InChI is InChI=1S/C25H19F3N2O4/c1-15-4-2-3-5-19(15)20-11-10-18(12-21(20)25(26,27)28)24-29-23(30-34-24)17-8-6-16(7-9-17)13-33-14-22(31)32/h2-12H,13-14H2,1H3,(H,31,32). The van der Waals surface area contributed by atoms with E-state index >= 15 is 0 Å². The van der Waals surface area contributed by atoms with Crippen LogP contribution in [0.4, 0.5) is 13.2 Å². The summed E-state index contributed by atoms with van der Waals surface area (Å²) >= 11 is 0. The smallest absolute Gasteiger partial charge is 0.417 e. The lowest BCUT2D eigenvalue weighted by atomic mass is 9.94. The minimum Gasteiger partial charge on any atom is -0.480 e. The molecule has 0 aliphatic carbocycles. The third-order valence-corrected chi connectivity index (χ3v) is 5.14. The number of aromatic nitrogens is 2. The van der Waals surface area contributed by atoms with Gasteiger partial charge < -0.3 is 14.4 Å². The molecule has 6 nitrogen and oxygen atoms in total. The predicted octanol–water partition coefficient (Wildman–Crippen LogP) is 6.00. The lowest BCUT2D eigenvalue weighted by Gasteiger charge is -2.15. The second-order valence-electron chi connectivity index (χ2n) is 7.58. The van der Waals surface area contributed by atoms with Gasteiger partial charge in [0.2, 0.25) is 5.82 Å². The first-order valence-corrected chi connectivity index (χ1v) is 10.2. The van der Waals surface area contributed by atoms with Crippen molar-refractivity contribution in [2.75, 3.05) is 6.61 Å². The van der Waals surface area contributed by atoms with Gasteiger partial charge in [0.25, 0.3) is 5.89 Å². The molecule has 1 N–H and O–H groups in total. The highest BCUT2D eigenvalue weighted by molar-refractivity contribution is 5.74. The normalized spacial score (nSPS) is 11.5. The van der Waals surface area contributed by atoms with Gasteiger partial charge in [0.1, 0.15) is 6.61 Å². The zero-order chi connectivity index (χ0) is 24.3. The molecule has 3 aromatic carbocycles. The van der Waals surface area contributed by atoms with Gasteiger partial charge in [-0.2, -0.15) is 18.2 Å². The Balaban J connectivity index is 1.61. The minimum atomic E-state index is -4.57. The van der Waals surface area contributed by atoms with Crippen LogP contribution in [0, 0.1) is 6.92 Å². The molecule has 0 atom stereocenters. The number of hydrogen-bond acceptors (Lipinski definition) is 5. The van der Waals surface area contributed by atoms with Crippen LogP contribution in [-0.4, -0.2) is 27.8 Å². The van der Waals surface area contributed by atoms with Gasteiger partial charge in [-0.3, -0.25) is 0 Å². The lowest BCUT2D eigenvalue weighted by Crippen LogP contribution is -2.08. The van der Waals surface area contributed by atoms with Crippen molar-refractivity contribution in [2.24, 2.45) is 0 Å². The fourth-order valence-corrected chi connectivity index (χ4v) is 3.49. The van der Waals surface area contributed by atoms with Crippen LogP contribution in [0.15, 0.2) is 71.3 Å². The van der Waals surface area contributed by atoms with Crippen LogP contribution >= 0.6 is 0 Å². The number of ether oxygens (including phenoxy) is 1. The maximum Gasteiger partial charge on any atom is 0.417 e. The molecule has 0 saturated heterocycles. The Labute approximate surface area is 192 Å². The number of carboxylic acid groups (broad SMARTS) is 1. The van der Waals surface area contributed by atoms with Crippen molar-refractivity contribution >= 4 is 5.97 Å². The number of halogens is 3. The summed E-state index contributed by atoms with van der Waals surface area (Å²) in [5, 5.41) is 12.5. The average molecular weight is 468 g/mol. The molecule has 0 radical (unpaired) electrons. The van der Waals surface area contributed by atoms with Crippen molar-refractivity contribution in [1.82, 2.24) is 10.1 Å². The summed E-state index contributed by atoms with van der Waals surface area (Å²) in [5.74, 6) is -0.883. The maximum absolute atomic E-state index is 13.9. The molecule has 34 heavy (non-hydrogen) atoms. The van der Waals surface area contributed by atoms with Gasteiger partial charge >= 0.3 is 12.1 Å². The van der Waals surface area contributed by atoms with Crippen LogP contribution in [0.1, 0.15) is 16.7 Å². The molecule has 0 unspecified atom stereocenters. The zero-order valence-electron chi connectivity index (χ0n) is 18.0. The molecule has 1 aromatic heterocycles. The van der Waals surface area contributed by atoms with Crippen molar-refractivity contribution in [3.8, 4) is 34.0 Å². The number of carbonyl (C=O) groups is 1. The van der Waals surface area contributed by atoms with Crippen molar-refractivity contribution < 1.29 is 32.3 Å². The Hall–Kier alpha value is -3.98. The Morgan fingerprint density at radius 2 is 1.71 bits per heavy atom. The molecule has 0 bridgehead atoms. The summed E-state index contributed by atoms with van der Waals surface area (Å²) in [5.41, 5.74) is 2.01. The monoisotopic (exact) mass is 468 g/mol. The van der Waals surface area contributed by atoms with Crippen LogP contribution in [0.2, 0.25) is 0 Å². The second kappa shape index (κ2) is 9.48. The second-order valence-corrected chi connectivity index (χ2v) is 7.58.